The van der Waals surface area contributed by atoms with Crippen LogP contribution < -0.4 is 10.7 Å². The molecule has 0 fully saturated rings. The molecule has 2 aromatic rings. The minimum Gasteiger partial charge on any atom is -0.343 e. The standard InChI is InChI=1S/C17H15ClFN3O2/c1-11(12-5-7-15(19)8-6-12)21-22-16(23)10-20-17(24)13-3-2-4-14(18)9-13/h2-9H,10H2,1H3,(H,20,24)(H,22,23)/b21-11-. The van der Waals surface area contributed by atoms with Gasteiger partial charge in [-0.2, -0.15) is 5.10 Å². The minimum atomic E-state index is -0.480. The number of halogens is 2. The molecule has 0 saturated heterocycles. The number of hydrogen-bond donors (Lipinski definition) is 2. The molecule has 0 bridgehead atoms. The van der Waals surface area contributed by atoms with Crippen molar-refractivity contribution in [2.24, 2.45) is 5.10 Å². The summed E-state index contributed by atoms with van der Waals surface area (Å²) in [7, 11) is 0. The highest BCUT2D eigenvalue weighted by Crippen LogP contribution is 2.10. The Kier molecular flexibility index (Phi) is 6.03. The smallest absolute Gasteiger partial charge is 0.259 e. The van der Waals surface area contributed by atoms with Gasteiger partial charge in [0.05, 0.1) is 12.3 Å². The van der Waals surface area contributed by atoms with E-state index in [2.05, 4.69) is 15.8 Å². The molecule has 0 heterocycles. The van der Waals surface area contributed by atoms with E-state index in [4.69, 9.17) is 11.6 Å². The van der Waals surface area contributed by atoms with Gasteiger partial charge in [-0.3, -0.25) is 9.59 Å². The number of hydrogen-bond acceptors (Lipinski definition) is 3. The Balaban J connectivity index is 1.86. The van der Waals surface area contributed by atoms with Gasteiger partial charge in [0.1, 0.15) is 5.82 Å². The predicted octanol–water partition coefficient (Wildman–Crippen LogP) is 2.75. The van der Waals surface area contributed by atoms with Crippen molar-refractivity contribution in [3.05, 3.63) is 70.5 Å². The second-order valence-electron chi connectivity index (χ2n) is 4.93. The van der Waals surface area contributed by atoms with Crippen LogP contribution in [0, 0.1) is 5.82 Å². The van der Waals surface area contributed by atoms with E-state index in [1.54, 1.807) is 37.3 Å². The Labute approximate surface area is 143 Å². The first kappa shape index (κ1) is 17.6. The molecule has 2 amide bonds. The zero-order valence-electron chi connectivity index (χ0n) is 12.8. The molecule has 7 heteroatoms. The SMILES string of the molecule is C/C(=N/NC(=O)CNC(=O)c1cccc(Cl)c1)c1ccc(F)cc1. The number of nitrogens with zero attached hydrogens (tertiary/aromatic N) is 1. The quantitative estimate of drug-likeness (QED) is 0.645. The Hall–Kier alpha value is -2.73. The maximum Gasteiger partial charge on any atom is 0.259 e. The molecule has 0 atom stereocenters. The van der Waals surface area contributed by atoms with E-state index >= 15 is 0 Å². The van der Waals surface area contributed by atoms with E-state index in [-0.39, 0.29) is 12.4 Å². The van der Waals surface area contributed by atoms with Crippen molar-refractivity contribution in [1.29, 1.82) is 0 Å². The summed E-state index contributed by atoms with van der Waals surface area (Å²) in [4.78, 5) is 23.6. The Morgan fingerprint density at radius 1 is 1.12 bits per heavy atom. The number of nitrogens with one attached hydrogen (secondary N) is 2. The van der Waals surface area contributed by atoms with Gasteiger partial charge in [0.15, 0.2) is 0 Å². The highest BCUT2D eigenvalue weighted by Gasteiger charge is 2.08. The van der Waals surface area contributed by atoms with Gasteiger partial charge in [0, 0.05) is 10.6 Å². The second-order valence-corrected chi connectivity index (χ2v) is 5.37. The first-order valence-electron chi connectivity index (χ1n) is 7.08. The number of amides is 2. The monoisotopic (exact) mass is 347 g/mol. The molecular weight excluding hydrogens is 333 g/mol. The molecule has 2 N–H and O–H groups in total. The van der Waals surface area contributed by atoms with Crippen LogP contribution in [0.15, 0.2) is 53.6 Å². The molecule has 0 aliphatic rings. The summed E-state index contributed by atoms with van der Waals surface area (Å²) in [5, 5.41) is 6.82. The number of carbonyl (C=O) groups is 2. The van der Waals surface area contributed by atoms with Crippen LogP contribution in [-0.4, -0.2) is 24.1 Å². The van der Waals surface area contributed by atoms with Gasteiger partial charge >= 0.3 is 0 Å². The van der Waals surface area contributed by atoms with Crippen molar-refractivity contribution < 1.29 is 14.0 Å². The lowest BCUT2D eigenvalue weighted by molar-refractivity contribution is -0.120. The summed E-state index contributed by atoms with van der Waals surface area (Å²) < 4.78 is 12.8. The lowest BCUT2D eigenvalue weighted by atomic mass is 10.1. The summed E-state index contributed by atoms with van der Waals surface area (Å²) in [6.07, 6.45) is 0. The van der Waals surface area contributed by atoms with E-state index in [9.17, 15) is 14.0 Å². The first-order chi connectivity index (χ1) is 11.5. The lowest BCUT2D eigenvalue weighted by Crippen LogP contribution is -2.35. The molecule has 2 rings (SSSR count). The number of benzene rings is 2. The lowest BCUT2D eigenvalue weighted by Gasteiger charge is -2.05. The number of carbonyl (C=O) groups excluding carboxylic acids is 2. The van der Waals surface area contributed by atoms with Gasteiger partial charge < -0.3 is 5.32 Å². The summed E-state index contributed by atoms with van der Waals surface area (Å²) in [6, 6.07) is 12.1. The van der Waals surface area contributed by atoms with Gasteiger partial charge in [-0.25, -0.2) is 9.82 Å². The summed E-state index contributed by atoms with van der Waals surface area (Å²) in [6.45, 7) is 1.45. The molecule has 0 saturated carbocycles. The molecule has 0 radical (unpaired) electrons. The number of rotatable bonds is 5. The highest BCUT2D eigenvalue weighted by atomic mass is 35.5. The van der Waals surface area contributed by atoms with Crippen LogP contribution in [0.3, 0.4) is 0 Å². The van der Waals surface area contributed by atoms with Crippen molar-refractivity contribution in [2.45, 2.75) is 6.92 Å². The molecule has 2 aromatic carbocycles. The van der Waals surface area contributed by atoms with Crippen molar-refractivity contribution in [3.8, 4) is 0 Å². The van der Waals surface area contributed by atoms with Gasteiger partial charge in [-0.15, -0.1) is 0 Å². The Morgan fingerprint density at radius 2 is 1.83 bits per heavy atom. The third-order valence-electron chi connectivity index (χ3n) is 3.11. The molecule has 0 aliphatic heterocycles. The van der Waals surface area contributed by atoms with Crippen LogP contribution in [0.2, 0.25) is 5.02 Å². The number of hydrazone groups is 1. The van der Waals surface area contributed by atoms with E-state index in [0.717, 1.165) is 0 Å². The zero-order valence-corrected chi connectivity index (χ0v) is 13.6. The maximum atomic E-state index is 12.8. The van der Waals surface area contributed by atoms with Crippen molar-refractivity contribution >= 4 is 29.1 Å². The Morgan fingerprint density at radius 3 is 2.50 bits per heavy atom. The minimum absolute atomic E-state index is 0.231. The van der Waals surface area contributed by atoms with Crippen LogP contribution in [-0.2, 0) is 4.79 Å². The fourth-order valence-electron chi connectivity index (χ4n) is 1.83. The first-order valence-corrected chi connectivity index (χ1v) is 7.46. The van der Waals surface area contributed by atoms with Gasteiger partial charge in [0.25, 0.3) is 11.8 Å². The molecular formula is C17H15ClFN3O2. The molecule has 24 heavy (non-hydrogen) atoms. The zero-order chi connectivity index (χ0) is 17.5. The third-order valence-corrected chi connectivity index (χ3v) is 3.34. The molecule has 0 unspecified atom stereocenters. The van der Waals surface area contributed by atoms with Crippen LogP contribution in [0.25, 0.3) is 0 Å². The van der Waals surface area contributed by atoms with E-state index in [1.807, 2.05) is 0 Å². The topological polar surface area (TPSA) is 70.6 Å². The summed E-state index contributed by atoms with van der Waals surface area (Å²) >= 11 is 5.80. The van der Waals surface area contributed by atoms with Crippen LogP contribution in [0.5, 0.6) is 0 Å². The van der Waals surface area contributed by atoms with Crippen LogP contribution in [0.1, 0.15) is 22.8 Å². The summed E-state index contributed by atoms with van der Waals surface area (Å²) in [5.41, 5.74) is 3.89. The molecule has 0 aliphatic carbocycles. The maximum absolute atomic E-state index is 12.8. The largest absolute Gasteiger partial charge is 0.343 e. The molecule has 5 nitrogen and oxygen atoms in total. The average Bonchev–Trinajstić information content (AvgIpc) is 2.58. The molecule has 0 aromatic heterocycles. The van der Waals surface area contributed by atoms with Gasteiger partial charge in [0.2, 0.25) is 0 Å². The van der Waals surface area contributed by atoms with Crippen LogP contribution >= 0.6 is 11.6 Å². The van der Waals surface area contributed by atoms with E-state index < -0.39 is 11.8 Å². The second kappa shape index (κ2) is 8.21. The Bertz CT molecular complexity index is 776. The molecule has 124 valence electrons. The predicted molar refractivity (Wildman–Crippen MR) is 90.5 cm³/mol. The molecule has 0 spiro atoms. The van der Waals surface area contributed by atoms with Gasteiger partial charge in [-0.1, -0.05) is 29.8 Å². The van der Waals surface area contributed by atoms with Crippen molar-refractivity contribution in [2.75, 3.05) is 6.54 Å². The average molecular weight is 348 g/mol. The summed E-state index contributed by atoms with van der Waals surface area (Å²) in [5.74, 6) is -1.24. The van der Waals surface area contributed by atoms with Crippen LogP contribution in [0.4, 0.5) is 4.39 Å². The fourth-order valence-corrected chi connectivity index (χ4v) is 2.02. The van der Waals surface area contributed by atoms with E-state index in [1.165, 1.54) is 18.2 Å². The third kappa shape index (κ3) is 5.17. The highest BCUT2D eigenvalue weighted by molar-refractivity contribution is 6.31. The van der Waals surface area contributed by atoms with Crippen molar-refractivity contribution in [1.82, 2.24) is 10.7 Å². The fraction of sp³-hybridized carbons (Fsp3) is 0.118. The van der Waals surface area contributed by atoms with Gasteiger partial charge in [-0.05, 0) is 42.8 Å². The van der Waals surface area contributed by atoms with E-state index in [0.29, 0.717) is 21.9 Å². The van der Waals surface area contributed by atoms with Crippen molar-refractivity contribution in [3.63, 3.8) is 0 Å². The normalized spacial score (nSPS) is 11.0.